The SMILES string of the molecule is COc1ccc(-c2cc3ccc(OCCN4C[C@@H](C)O[C@H](C)C4)cc3oc2=O)cc1. The summed E-state index contributed by atoms with van der Waals surface area (Å²) in [5, 5.41) is 0.851. The van der Waals surface area contributed by atoms with Crippen LogP contribution >= 0.6 is 0 Å². The fourth-order valence-corrected chi connectivity index (χ4v) is 3.91. The molecule has 0 bridgehead atoms. The van der Waals surface area contributed by atoms with Crippen LogP contribution in [0, 0.1) is 0 Å². The molecule has 158 valence electrons. The number of ether oxygens (including phenoxy) is 3. The Morgan fingerprint density at radius 1 is 1.00 bits per heavy atom. The molecule has 1 aliphatic rings. The van der Waals surface area contributed by atoms with Crippen LogP contribution in [0.3, 0.4) is 0 Å². The molecule has 1 aromatic heterocycles. The number of nitrogens with zero attached hydrogens (tertiary/aromatic N) is 1. The average molecular weight is 409 g/mol. The van der Waals surface area contributed by atoms with E-state index in [0.717, 1.165) is 36.3 Å². The highest BCUT2D eigenvalue weighted by molar-refractivity contribution is 5.82. The first-order chi connectivity index (χ1) is 14.5. The standard InChI is InChI=1S/C24H27NO5/c1-16-14-25(15-17(2)29-16)10-11-28-21-9-6-19-12-22(24(26)30-23(19)13-21)18-4-7-20(27-3)8-5-18/h4-9,12-13,16-17H,10-11,14-15H2,1-3H3/t16-,17-/m1/s1. The minimum Gasteiger partial charge on any atom is -0.497 e. The summed E-state index contributed by atoms with van der Waals surface area (Å²) in [6.07, 6.45) is 0.479. The fraction of sp³-hybridized carbons (Fsp3) is 0.375. The second-order valence-electron chi connectivity index (χ2n) is 7.74. The number of fused-ring (bicyclic) bond motifs is 1. The molecule has 0 unspecified atom stereocenters. The van der Waals surface area contributed by atoms with Gasteiger partial charge >= 0.3 is 5.63 Å². The maximum atomic E-state index is 12.5. The lowest BCUT2D eigenvalue weighted by atomic mass is 10.1. The van der Waals surface area contributed by atoms with E-state index < -0.39 is 0 Å². The predicted molar refractivity (Wildman–Crippen MR) is 116 cm³/mol. The minimum absolute atomic E-state index is 0.239. The van der Waals surface area contributed by atoms with Crippen molar-refractivity contribution in [2.24, 2.45) is 0 Å². The average Bonchev–Trinajstić information content (AvgIpc) is 2.72. The summed E-state index contributed by atoms with van der Waals surface area (Å²) < 4.78 is 22.4. The van der Waals surface area contributed by atoms with Crippen LogP contribution < -0.4 is 15.1 Å². The third-order valence-corrected chi connectivity index (χ3v) is 5.28. The lowest BCUT2D eigenvalue weighted by molar-refractivity contribution is -0.0699. The van der Waals surface area contributed by atoms with E-state index in [9.17, 15) is 4.79 Å². The van der Waals surface area contributed by atoms with E-state index in [1.54, 1.807) is 13.2 Å². The van der Waals surface area contributed by atoms with Crippen LogP contribution in [0.2, 0.25) is 0 Å². The molecular weight excluding hydrogens is 382 g/mol. The van der Waals surface area contributed by atoms with Gasteiger partial charge in [-0.3, -0.25) is 4.90 Å². The molecule has 1 saturated heterocycles. The lowest BCUT2D eigenvalue weighted by Gasteiger charge is -2.35. The molecule has 2 aromatic carbocycles. The van der Waals surface area contributed by atoms with Crippen LogP contribution in [0.25, 0.3) is 22.1 Å². The number of hydrogen-bond donors (Lipinski definition) is 0. The van der Waals surface area contributed by atoms with Gasteiger partial charge in [0.1, 0.15) is 23.7 Å². The topological polar surface area (TPSA) is 61.1 Å². The maximum Gasteiger partial charge on any atom is 0.344 e. The summed E-state index contributed by atoms with van der Waals surface area (Å²) in [5.41, 5.74) is 1.46. The van der Waals surface area contributed by atoms with E-state index >= 15 is 0 Å². The highest BCUT2D eigenvalue weighted by Crippen LogP contribution is 2.25. The van der Waals surface area contributed by atoms with Crippen molar-refractivity contribution in [2.45, 2.75) is 26.1 Å². The van der Waals surface area contributed by atoms with E-state index in [4.69, 9.17) is 18.6 Å². The first-order valence-corrected chi connectivity index (χ1v) is 10.2. The van der Waals surface area contributed by atoms with Crippen LogP contribution in [0.4, 0.5) is 0 Å². The van der Waals surface area contributed by atoms with Crippen molar-refractivity contribution < 1.29 is 18.6 Å². The normalized spacial score (nSPS) is 19.7. The van der Waals surface area contributed by atoms with Gasteiger partial charge in [0.15, 0.2) is 0 Å². The minimum atomic E-state index is -0.374. The highest BCUT2D eigenvalue weighted by atomic mass is 16.5. The molecule has 6 heteroatoms. The molecule has 6 nitrogen and oxygen atoms in total. The fourth-order valence-electron chi connectivity index (χ4n) is 3.91. The summed E-state index contributed by atoms with van der Waals surface area (Å²) in [6.45, 7) is 7.41. The Labute approximate surface area is 176 Å². The lowest BCUT2D eigenvalue weighted by Crippen LogP contribution is -2.46. The largest absolute Gasteiger partial charge is 0.497 e. The van der Waals surface area contributed by atoms with Gasteiger partial charge in [0, 0.05) is 31.1 Å². The second-order valence-corrected chi connectivity index (χ2v) is 7.74. The zero-order valence-corrected chi connectivity index (χ0v) is 17.6. The molecule has 30 heavy (non-hydrogen) atoms. The first kappa shape index (κ1) is 20.4. The van der Waals surface area contributed by atoms with Crippen LogP contribution in [-0.4, -0.2) is 50.5 Å². The molecule has 3 aromatic rings. The highest BCUT2D eigenvalue weighted by Gasteiger charge is 2.21. The van der Waals surface area contributed by atoms with Crippen molar-refractivity contribution in [3.05, 3.63) is 59.0 Å². The third kappa shape index (κ3) is 4.66. The zero-order chi connectivity index (χ0) is 21.1. The van der Waals surface area contributed by atoms with Gasteiger partial charge in [-0.2, -0.15) is 0 Å². The second kappa shape index (κ2) is 8.90. The van der Waals surface area contributed by atoms with Crippen LogP contribution in [0.15, 0.2) is 57.7 Å². The van der Waals surface area contributed by atoms with Gasteiger partial charge in [-0.25, -0.2) is 4.79 Å². The van der Waals surface area contributed by atoms with E-state index in [2.05, 4.69) is 18.7 Å². The van der Waals surface area contributed by atoms with E-state index in [0.29, 0.717) is 23.5 Å². The molecule has 2 atom stereocenters. The Bertz CT molecular complexity index is 1050. The number of benzene rings is 2. The third-order valence-electron chi connectivity index (χ3n) is 5.28. The van der Waals surface area contributed by atoms with Gasteiger partial charge in [0.05, 0.1) is 24.9 Å². The molecule has 0 spiro atoms. The van der Waals surface area contributed by atoms with Gasteiger partial charge in [0.25, 0.3) is 0 Å². The molecule has 0 aliphatic carbocycles. The molecule has 0 N–H and O–H groups in total. The van der Waals surface area contributed by atoms with Gasteiger partial charge in [-0.15, -0.1) is 0 Å². The summed E-state index contributed by atoms with van der Waals surface area (Å²) in [7, 11) is 1.61. The molecule has 0 saturated carbocycles. The Hall–Kier alpha value is -2.83. The van der Waals surface area contributed by atoms with Crippen molar-refractivity contribution in [3.63, 3.8) is 0 Å². The van der Waals surface area contributed by atoms with Crippen LogP contribution in [-0.2, 0) is 4.74 Å². The molecule has 4 rings (SSSR count). The van der Waals surface area contributed by atoms with Crippen molar-refractivity contribution in [1.82, 2.24) is 4.90 Å². The summed E-state index contributed by atoms with van der Waals surface area (Å²) in [6, 6.07) is 14.8. The summed E-state index contributed by atoms with van der Waals surface area (Å²) >= 11 is 0. The van der Waals surface area contributed by atoms with Gasteiger partial charge in [0.2, 0.25) is 0 Å². The molecule has 0 radical (unpaired) electrons. The Morgan fingerprint density at radius 2 is 1.70 bits per heavy atom. The van der Waals surface area contributed by atoms with E-state index in [1.165, 1.54) is 0 Å². The van der Waals surface area contributed by atoms with E-state index in [-0.39, 0.29) is 17.8 Å². The number of rotatable bonds is 6. The Balaban J connectivity index is 1.46. The van der Waals surface area contributed by atoms with Crippen molar-refractivity contribution in [1.29, 1.82) is 0 Å². The quantitative estimate of drug-likeness (QED) is 0.575. The Morgan fingerprint density at radius 3 is 2.40 bits per heavy atom. The summed E-state index contributed by atoms with van der Waals surface area (Å²) in [4.78, 5) is 14.9. The molecule has 1 aliphatic heterocycles. The van der Waals surface area contributed by atoms with Crippen molar-refractivity contribution in [2.75, 3.05) is 33.4 Å². The van der Waals surface area contributed by atoms with Crippen LogP contribution in [0.5, 0.6) is 11.5 Å². The molecular formula is C24H27NO5. The van der Waals surface area contributed by atoms with Crippen molar-refractivity contribution >= 4 is 11.0 Å². The van der Waals surface area contributed by atoms with Gasteiger partial charge in [-0.1, -0.05) is 12.1 Å². The zero-order valence-electron chi connectivity index (χ0n) is 17.6. The Kier molecular flexibility index (Phi) is 6.06. The van der Waals surface area contributed by atoms with Crippen LogP contribution in [0.1, 0.15) is 13.8 Å². The monoisotopic (exact) mass is 409 g/mol. The molecule has 2 heterocycles. The van der Waals surface area contributed by atoms with Gasteiger partial charge in [-0.05, 0) is 49.7 Å². The first-order valence-electron chi connectivity index (χ1n) is 10.2. The molecule has 0 amide bonds. The summed E-state index contributed by atoms with van der Waals surface area (Å²) in [5.74, 6) is 1.43. The van der Waals surface area contributed by atoms with E-state index in [1.807, 2.05) is 42.5 Å². The molecule has 1 fully saturated rings. The predicted octanol–water partition coefficient (Wildman–Crippen LogP) is 3.96. The maximum absolute atomic E-state index is 12.5. The number of methoxy groups -OCH3 is 1. The number of morpholine rings is 1. The van der Waals surface area contributed by atoms with Crippen molar-refractivity contribution in [3.8, 4) is 22.6 Å². The smallest absolute Gasteiger partial charge is 0.344 e. The number of hydrogen-bond acceptors (Lipinski definition) is 6. The van der Waals surface area contributed by atoms with Gasteiger partial charge < -0.3 is 18.6 Å².